The lowest BCUT2D eigenvalue weighted by molar-refractivity contribution is 0.102. The first kappa shape index (κ1) is 15.5. The molecule has 0 unspecified atom stereocenters. The van der Waals surface area contributed by atoms with Gasteiger partial charge in [-0.1, -0.05) is 6.07 Å². The van der Waals surface area contributed by atoms with Gasteiger partial charge in [0.1, 0.15) is 0 Å². The predicted molar refractivity (Wildman–Crippen MR) is 89.1 cm³/mol. The first-order chi connectivity index (χ1) is 11.0. The summed E-state index contributed by atoms with van der Waals surface area (Å²) in [7, 11) is -3.25. The van der Waals surface area contributed by atoms with Crippen molar-refractivity contribution in [2.24, 2.45) is 0 Å². The van der Waals surface area contributed by atoms with Crippen molar-refractivity contribution in [3.8, 4) is 0 Å². The molecule has 3 rings (SSSR count). The summed E-state index contributed by atoms with van der Waals surface area (Å²) in [6, 6.07) is 8.52. The molecule has 0 aliphatic carbocycles. The van der Waals surface area contributed by atoms with Crippen molar-refractivity contribution in [3.05, 3.63) is 53.9 Å². The number of hydrogen-bond acceptors (Lipinski definition) is 4. The molecule has 0 radical (unpaired) electrons. The average molecular weight is 331 g/mol. The molecule has 1 amide bonds. The second-order valence-electron chi connectivity index (χ2n) is 5.43. The number of aromatic nitrogens is 1. The molecule has 1 aliphatic heterocycles. The van der Waals surface area contributed by atoms with Crippen LogP contribution in [0.15, 0.2) is 42.7 Å². The van der Waals surface area contributed by atoms with Gasteiger partial charge >= 0.3 is 0 Å². The van der Waals surface area contributed by atoms with Gasteiger partial charge in [-0.3, -0.25) is 14.1 Å². The van der Waals surface area contributed by atoms with E-state index in [0.29, 0.717) is 29.9 Å². The molecule has 0 atom stereocenters. The summed E-state index contributed by atoms with van der Waals surface area (Å²) in [5.74, 6) is -0.0912. The van der Waals surface area contributed by atoms with Crippen LogP contribution >= 0.6 is 0 Å². The molecule has 2 heterocycles. The zero-order chi connectivity index (χ0) is 16.4. The van der Waals surface area contributed by atoms with E-state index in [2.05, 4.69) is 10.3 Å². The Labute approximate surface area is 135 Å². The fourth-order valence-corrected chi connectivity index (χ4v) is 4.19. The molecule has 1 fully saturated rings. The van der Waals surface area contributed by atoms with Crippen molar-refractivity contribution in [1.82, 2.24) is 4.98 Å². The lowest BCUT2D eigenvalue weighted by Gasteiger charge is -2.20. The molecular formula is C16H17N3O3S. The molecule has 1 saturated heterocycles. The highest BCUT2D eigenvalue weighted by molar-refractivity contribution is 7.93. The molecule has 120 valence electrons. The first-order valence-corrected chi connectivity index (χ1v) is 8.91. The van der Waals surface area contributed by atoms with Crippen LogP contribution in [0, 0.1) is 6.92 Å². The minimum absolute atomic E-state index is 0.167. The highest BCUT2D eigenvalue weighted by atomic mass is 32.2. The Balaban J connectivity index is 1.88. The number of benzene rings is 1. The monoisotopic (exact) mass is 331 g/mol. The van der Waals surface area contributed by atoms with Gasteiger partial charge in [0, 0.05) is 30.2 Å². The number of rotatable bonds is 3. The number of aryl methyl sites for hydroxylation is 1. The SMILES string of the molecule is Cc1ccc(NC(=O)c2ccncc2)cc1N1CCCS1(=O)=O. The van der Waals surface area contributed by atoms with Crippen molar-refractivity contribution >= 4 is 27.3 Å². The summed E-state index contributed by atoms with van der Waals surface area (Å²) in [5, 5.41) is 2.79. The lowest BCUT2D eigenvalue weighted by atomic mass is 10.1. The van der Waals surface area contributed by atoms with E-state index in [9.17, 15) is 13.2 Å². The van der Waals surface area contributed by atoms with Crippen LogP contribution in [-0.2, 0) is 10.0 Å². The van der Waals surface area contributed by atoms with Gasteiger partial charge in [0.25, 0.3) is 5.91 Å². The highest BCUT2D eigenvalue weighted by Gasteiger charge is 2.29. The second kappa shape index (κ2) is 6.00. The zero-order valence-electron chi connectivity index (χ0n) is 12.7. The molecule has 2 aromatic rings. The molecule has 23 heavy (non-hydrogen) atoms. The Hall–Kier alpha value is -2.41. The fourth-order valence-electron chi connectivity index (χ4n) is 2.57. The Morgan fingerprint density at radius 3 is 2.61 bits per heavy atom. The van der Waals surface area contributed by atoms with Crippen molar-refractivity contribution < 1.29 is 13.2 Å². The van der Waals surface area contributed by atoms with E-state index < -0.39 is 10.0 Å². The smallest absolute Gasteiger partial charge is 0.255 e. The van der Waals surface area contributed by atoms with E-state index in [4.69, 9.17) is 0 Å². The van der Waals surface area contributed by atoms with Crippen LogP contribution in [0.2, 0.25) is 0 Å². The van der Waals surface area contributed by atoms with Crippen LogP contribution in [0.5, 0.6) is 0 Å². The van der Waals surface area contributed by atoms with Gasteiger partial charge in [-0.15, -0.1) is 0 Å². The topological polar surface area (TPSA) is 79.4 Å². The molecule has 0 bridgehead atoms. The maximum atomic E-state index is 12.2. The largest absolute Gasteiger partial charge is 0.322 e. The summed E-state index contributed by atoms with van der Waals surface area (Å²) in [6.45, 7) is 2.34. The van der Waals surface area contributed by atoms with Gasteiger partial charge in [-0.2, -0.15) is 0 Å². The standard InChI is InChI=1S/C16H17N3O3S/c1-12-3-4-14(18-16(20)13-5-7-17-8-6-13)11-15(12)19-9-2-10-23(19,21)22/h3-8,11H,2,9-10H2,1H3,(H,18,20). The maximum absolute atomic E-state index is 12.2. The second-order valence-corrected chi connectivity index (χ2v) is 7.45. The molecular weight excluding hydrogens is 314 g/mol. The van der Waals surface area contributed by atoms with Gasteiger partial charge in [-0.25, -0.2) is 8.42 Å². The van der Waals surface area contributed by atoms with Crippen molar-refractivity contribution in [2.45, 2.75) is 13.3 Å². The van der Waals surface area contributed by atoms with Crippen LogP contribution in [0.4, 0.5) is 11.4 Å². The summed E-state index contributed by atoms with van der Waals surface area (Å²) in [5.41, 5.74) is 2.54. The summed E-state index contributed by atoms with van der Waals surface area (Å²) in [6.07, 6.45) is 3.72. The predicted octanol–water partition coefficient (Wildman–Crippen LogP) is 2.18. The van der Waals surface area contributed by atoms with E-state index in [-0.39, 0.29) is 11.7 Å². The average Bonchev–Trinajstić information content (AvgIpc) is 2.89. The quantitative estimate of drug-likeness (QED) is 0.935. The lowest BCUT2D eigenvalue weighted by Crippen LogP contribution is -2.26. The Kier molecular flexibility index (Phi) is 4.04. The molecule has 1 aliphatic rings. The summed E-state index contributed by atoms with van der Waals surface area (Å²) < 4.78 is 25.6. The van der Waals surface area contributed by atoms with Gasteiger partial charge < -0.3 is 5.32 Å². The molecule has 0 spiro atoms. The van der Waals surface area contributed by atoms with Gasteiger partial charge in [-0.05, 0) is 43.2 Å². The van der Waals surface area contributed by atoms with E-state index in [1.54, 1.807) is 36.7 Å². The van der Waals surface area contributed by atoms with Crippen LogP contribution < -0.4 is 9.62 Å². The van der Waals surface area contributed by atoms with Crippen LogP contribution in [0.3, 0.4) is 0 Å². The molecule has 6 nitrogen and oxygen atoms in total. The normalized spacial score (nSPS) is 16.3. The Morgan fingerprint density at radius 1 is 1.22 bits per heavy atom. The van der Waals surface area contributed by atoms with Crippen LogP contribution in [0.25, 0.3) is 0 Å². The molecule has 1 aromatic carbocycles. The number of anilines is 2. The number of carbonyl (C=O) groups excluding carboxylic acids is 1. The number of nitrogens with zero attached hydrogens (tertiary/aromatic N) is 2. The van der Waals surface area contributed by atoms with Gasteiger partial charge in [0.2, 0.25) is 10.0 Å². The zero-order valence-corrected chi connectivity index (χ0v) is 13.5. The highest BCUT2D eigenvalue weighted by Crippen LogP contribution is 2.30. The van der Waals surface area contributed by atoms with Crippen molar-refractivity contribution in [1.29, 1.82) is 0 Å². The van der Waals surface area contributed by atoms with E-state index in [1.165, 1.54) is 4.31 Å². The summed E-state index contributed by atoms with van der Waals surface area (Å²) >= 11 is 0. The third-order valence-electron chi connectivity index (χ3n) is 3.78. The van der Waals surface area contributed by atoms with Gasteiger partial charge in [0.15, 0.2) is 0 Å². The fraction of sp³-hybridized carbons (Fsp3) is 0.250. The number of carbonyl (C=O) groups is 1. The van der Waals surface area contributed by atoms with Crippen molar-refractivity contribution in [2.75, 3.05) is 21.9 Å². The minimum Gasteiger partial charge on any atom is -0.322 e. The number of nitrogens with one attached hydrogen (secondary N) is 1. The third kappa shape index (κ3) is 3.19. The third-order valence-corrected chi connectivity index (χ3v) is 5.63. The number of pyridine rings is 1. The Bertz CT molecular complexity index is 835. The molecule has 0 saturated carbocycles. The van der Waals surface area contributed by atoms with Crippen LogP contribution in [-0.4, -0.2) is 31.6 Å². The summed E-state index contributed by atoms with van der Waals surface area (Å²) in [4.78, 5) is 16.1. The van der Waals surface area contributed by atoms with E-state index >= 15 is 0 Å². The Morgan fingerprint density at radius 2 is 1.96 bits per heavy atom. The van der Waals surface area contributed by atoms with E-state index in [1.807, 2.05) is 13.0 Å². The number of amides is 1. The van der Waals surface area contributed by atoms with Crippen LogP contribution in [0.1, 0.15) is 22.3 Å². The van der Waals surface area contributed by atoms with E-state index in [0.717, 1.165) is 5.56 Å². The van der Waals surface area contributed by atoms with Gasteiger partial charge in [0.05, 0.1) is 11.4 Å². The number of sulfonamides is 1. The molecule has 1 aromatic heterocycles. The van der Waals surface area contributed by atoms with Crippen molar-refractivity contribution in [3.63, 3.8) is 0 Å². The molecule has 1 N–H and O–H groups in total. The maximum Gasteiger partial charge on any atom is 0.255 e. The molecule has 7 heteroatoms. The minimum atomic E-state index is -3.25. The first-order valence-electron chi connectivity index (χ1n) is 7.30. The number of hydrogen-bond donors (Lipinski definition) is 1.